The summed E-state index contributed by atoms with van der Waals surface area (Å²) in [4.78, 5) is 16.1. The molecule has 0 aliphatic rings. The van der Waals surface area contributed by atoms with Crippen LogP contribution < -0.4 is 9.47 Å². The van der Waals surface area contributed by atoms with Gasteiger partial charge in [-0.05, 0) is 49.7 Å². The van der Waals surface area contributed by atoms with Crippen LogP contribution in [-0.4, -0.2) is 28.1 Å². The van der Waals surface area contributed by atoms with E-state index >= 15 is 0 Å². The first kappa shape index (κ1) is 19.5. The fraction of sp³-hybridized carbons (Fsp3) is 0.250. The van der Waals surface area contributed by atoms with E-state index in [1.165, 1.54) is 0 Å². The predicted molar refractivity (Wildman–Crippen MR) is 103 cm³/mol. The fourth-order valence-corrected chi connectivity index (χ4v) is 2.60. The van der Waals surface area contributed by atoms with E-state index in [0.717, 1.165) is 6.42 Å². The number of imidazole rings is 1. The highest BCUT2D eigenvalue weighted by molar-refractivity contribution is 6.30. The van der Waals surface area contributed by atoms with Gasteiger partial charge in [-0.3, -0.25) is 4.40 Å². The molecule has 0 aliphatic carbocycles. The number of fused-ring (bicyclic) bond motifs is 1. The predicted octanol–water partition coefficient (Wildman–Crippen LogP) is 4.37. The molecule has 0 fully saturated rings. The zero-order valence-electron chi connectivity index (χ0n) is 15.4. The molecule has 28 heavy (non-hydrogen) atoms. The number of aromatic nitrogens is 2. The molecule has 0 N–H and O–H groups in total. The zero-order chi connectivity index (χ0) is 20.1. The van der Waals surface area contributed by atoms with E-state index in [2.05, 4.69) is 11.1 Å². The van der Waals surface area contributed by atoms with Crippen LogP contribution >= 0.6 is 11.6 Å². The van der Waals surface area contributed by atoms with Gasteiger partial charge in [0, 0.05) is 6.20 Å². The number of pyridine rings is 1. The third-order valence-electron chi connectivity index (χ3n) is 3.79. The van der Waals surface area contributed by atoms with Gasteiger partial charge in [-0.1, -0.05) is 18.5 Å². The molecule has 144 valence electrons. The first-order chi connectivity index (χ1) is 13.5. The van der Waals surface area contributed by atoms with Crippen molar-refractivity contribution in [3.8, 4) is 23.4 Å². The lowest BCUT2D eigenvalue weighted by Gasteiger charge is -2.14. The van der Waals surface area contributed by atoms with Gasteiger partial charge in [0.2, 0.25) is 0 Å². The highest BCUT2D eigenvalue weighted by Gasteiger charge is 2.17. The van der Waals surface area contributed by atoms with Gasteiger partial charge in [-0.25, -0.2) is 4.79 Å². The van der Waals surface area contributed by atoms with E-state index in [4.69, 9.17) is 25.8 Å². The summed E-state index contributed by atoms with van der Waals surface area (Å²) < 4.78 is 17.9. The van der Waals surface area contributed by atoms with Crippen LogP contribution in [0, 0.1) is 11.3 Å². The number of rotatable bonds is 7. The lowest BCUT2D eigenvalue weighted by atomic mass is 10.3. The Morgan fingerprint density at radius 1 is 1.25 bits per heavy atom. The Morgan fingerprint density at radius 3 is 2.64 bits per heavy atom. The maximum atomic E-state index is 11.8. The van der Waals surface area contributed by atoms with Crippen molar-refractivity contribution in [1.82, 2.24) is 9.38 Å². The summed E-state index contributed by atoms with van der Waals surface area (Å²) in [5.41, 5.74) is 0.792. The second-order valence-electron chi connectivity index (χ2n) is 5.95. The number of benzene rings is 1. The number of hydrogen-bond donors (Lipinski definition) is 0. The lowest BCUT2D eigenvalue weighted by Crippen LogP contribution is -2.26. The summed E-state index contributed by atoms with van der Waals surface area (Å²) in [6.45, 7) is 3.92. The minimum Gasteiger partial charge on any atom is -0.479 e. The van der Waals surface area contributed by atoms with Gasteiger partial charge in [0.1, 0.15) is 23.2 Å². The lowest BCUT2D eigenvalue weighted by molar-refractivity contribution is -0.151. The first-order valence-electron chi connectivity index (χ1n) is 8.70. The number of esters is 1. The molecule has 2 heterocycles. The van der Waals surface area contributed by atoms with Gasteiger partial charge in [-0.2, -0.15) is 10.2 Å². The van der Waals surface area contributed by atoms with Gasteiger partial charge < -0.3 is 14.2 Å². The Hall–Kier alpha value is -3.24. The molecule has 0 saturated carbocycles. The number of nitriles is 1. The number of ether oxygens (including phenoxy) is 3. The van der Waals surface area contributed by atoms with E-state index in [0.29, 0.717) is 28.8 Å². The molecule has 0 radical (unpaired) electrons. The standard InChI is InChI=1S/C20H18ClN3O4/c1-3-10-26-20(25)13(2)27-15-5-7-16(8-6-15)28-19-17(11-22)24-12-14(21)4-9-18(24)23-19/h4-9,12-13H,3,10H2,1-2H3. The largest absolute Gasteiger partial charge is 0.479 e. The van der Waals surface area contributed by atoms with Gasteiger partial charge in [0.25, 0.3) is 5.88 Å². The van der Waals surface area contributed by atoms with Crippen molar-refractivity contribution in [3.63, 3.8) is 0 Å². The molecule has 0 aliphatic heterocycles. The van der Waals surface area contributed by atoms with E-state index in [1.54, 1.807) is 53.9 Å². The van der Waals surface area contributed by atoms with Crippen molar-refractivity contribution < 1.29 is 19.0 Å². The maximum Gasteiger partial charge on any atom is 0.347 e. The number of carbonyl (C=O) groups excluding carboxylic acids is 1. The van der Waals surface area contributed by atoms with Gasteiger partial charge in [0.05, 0.1) is 11.6 Å². The molecule has 0 bridgehead atoms. The Bertz CT molecular complexity index is 1020. The molecule has 1 unspecified atom stereocenters. The van der Waals surface area contributed by atoms with Crippen LogP contribution in [0.1, 0.15) is 26.0 Å². The molecule has 3 aromatic rings. The Morgan fingerprint density at radius 2 is 1.96 bits per heavy atom. The Balaban J connectivity index is 1.72. The minimum absolute atomic E-state index is 0.176. The highest BCUT2D eigenvalue weighted by atomic mass is 35.5. The van der Waals surface area contributed by atoms with Crippen LogP contribution in [0.2, 0.25) is 5.02 Å². The number of hydrogen-bond acceptors (Lipinski definition) is 6. The van der Waals surface area contributed by atoms with Crippen LogP contribution in [0.5, 0.6) is 17.4 Å². The average molecular weight is 400 g/mol. The van der Waals surface area contributed by atoms with E-state index in [1.807, 2.05) is 6.92 Å². The summed E-state index contributed by atoms with van der Waals surface area (Å²) in [6.07, 6.45) is 1.64. The average Bonchev–Trinajstić information content (AvgIpc) is 3.03. The minimum atomic E-state index is -0.716. The van der Waals surface area contributed by atoms with Crippen molar-refractivity contribution in [1.29, 1.82) is 5.26 Å². The topological polar surface area (TPSA) is 85.8 Å². The Labute approximate surface area is 167 Å². The molecule has 7 nitrogen and oxygen atoms in total. The number of nitrogens with zero attached hydrogens (tertiary/aromatic N) is 3. The molecule has 1 aromatic carbocycles. The van der Waals surface area contributed by atoms with Crippen molar-refractivity contribution in [2.45, 2.75) is 26.4 Å². The maximum absolute atomic E-state index is 11.8. The zero-order valence-corrected chi connectivity index (χ0v) is 16.1. The molecular formula is C20H18ClN3O4. The molecule has 0 amide bonds. The molecular weight excluding hydrogens is 382 g/mol. The second kappa shape index (κ2) is 8.63. The van der Waals surface area contributed by atoms with E-state index in [9.17, 15) is 10.1 Å². The van der Waals surface area contributed by atoms with E-state index < -0.39 is 12.1 Å². The molecule has 0 spiro atoms. The number of carbonyl (C=O) groups is 1. The van der Waals surface area contributed by atoms with Crippen LogP contribution in [0.25, 0.3) is 5.65 Å². The summed E-state index contributed by atoms with van der Waals surface area (Å²) in [6, 6.07) is 12.1. The molecule has 0 saturated heterocycles. The Kier molecular flexibility index (Phi) is 6.02. The first-order valence-corrected chi connectivity index (χ1v) is 9.08. The number of halogens is 1. The molecule has 3 rings (SSSR count). The quantitative estimate of drug-likeness (QED) is 0.548. The van der Waals surface area contributed by atoms with Crippen molar-refractivity contribution >= 4 is 23.2 Å². The van der Waals surface area contributed by atoms with Gasteiger partial charge in [0.15, 0.2) is 11.8 Å². The third kappa shape index (κ3) is 4.35. The summed E-state index contributed by atoms with van der Waals surface area (Å²) in [7, 11) is 0. The molecule has 1 atom stereocenters. The second-order valence-corrected chi connectivity index (χ2v) is 6.39. The summed E-state index contributed by atoms with van der Waals surface area (Å²) in [5.74, 6) is 0.731. The highest BCUT2D eigenvalue weighted by Crippen LogP contribution is 2.28. The van der Waals surface area contributed by atoms with Gasteiger partial charge >= 0.3 is 5.97 Å². The van der Waals surface area contributed by atoms with Crippen molar-refractivity contribution in [2.24, 2.45) is 0 Å². The normalized spacial score (nSPS) is 11.6. The molecule has 2 aromatic heterocycles. The third-order valence-corrected chi connectivity index (χ3v) is 4.01. The monoisotopic (exact) mass is 399 g/mol. The molecule has 8 heteroatoms. The van der Waals surface area contributed by atoms with Gasteiger partial charge in [-0.15, -0.1) is 0 Å². The van der Waals surface area contributed by atoms with Crippen molar-refractivity contribution in [3.05, 3.63) is 53.3 Å². The summed E-state index contributed by atoms with van der Waals surface area (Å²) >= 11 is 5.98. The van der Waals surface area contributed by atoms with Crippen LogP contribution in [0.15, 0.2) is 42.6 Å². The van der Waals surface area contributed by atoms with Crippen LogP contribution in [0.3, 0.4) is 0 Å². The smallest absolute Gasteiger partial charge is 0.347 e. The van der Waals surface area contributed by atoms with E-state index in [-0.39, 0.29) is 11.6 Å². The van der Waals surface area contributed by atoms with Crippen LogP contribution in [-0.2, 0) is 9.53 Å². The SMILES string of the molecule is CCCOC(=O)C(C)Oc1ccc(Oc2nc3ccc(Cl)cn3c2C#N)cc1. The van der Waals surface area contributed by atoms with Crippen LogP contribution in [0.4, 0.5) is 0 Å². The fourth-order valence-electron chi connectivity index (χ4n) is 2.44. The summed E-state index contributed by atoms with van der Waals surface area (Å²) in [5, 5.41) is 9.92. The van der Waals surface area contributed by atoms with Crippen molar-refractivity contribution in [2.75, 3.05) is 6.61 Å².